The Morgan fingerprint density at radius 3 is 2.62 bits per heavy atom. The van der Waals surface area contributed by atoms with Gasteiger partial charge < -0.3 is 15.1 Å². The van der Waals surface area contributed by atoms with E-state index in [2.05, 4.69) is 73.8 Å². The summed E-state index contributed by atoms with van der Waals surface area (Å²) in [7, 11) is 0. The van der Waals surface area contributed by atoms with E-state index in [1.54, 1.807) is 0 Å². The number of piperidine rings is 1. The van der Waals surface area contributed by atoms with Gasteiger partial charge in [-0.25, -0.2) is 4.98 Å². The molecular weight excluding hydrogens is 458 g/mol. The molecule has 1 aliphatic carbocycles. The second kappa shape index (κ2) is 9.20. The van der Waals surface area contributed by atoms with Gasteiger partial charge in [0, 0.05) is 54.5 Å². The van der Waals surface area contributed by atoms with E-state index in [1.807, 2.05) is 24.5 Å². The number of rotatable bonds is 3. The van der Waals surface area contributed by atoms with Crippen molar-refractivity contribution in [1.82, 2.24) is 20.5 Å². The lowest BCUT2D eigenvalue weighted by Crippen LogP contribution is -2.72. The molecule has 2 N–H and O–H groups in total. The summed E-state index contributed by atoms with van der Waals surface area (Å²) < 4.78 is 0. The van der Waals surface area contributed by atoms with Crippen molar-refractivity contribution in [1.29, 1.82) is 5.26 Å². The quantitative estimate of drug-likeness (QED) is 0.427. The van der Waals surface area contributed by atoms with Crippen LogP contribution in [0.4, 0.5) is 11.5 Å². The number of benzene rings is 2. The smallest absolute Gasteiger partial charge is 0.129 e. The third-order valence-electron chi connectivity index (χ3n) is 8.60. The van der Waals surface area contributed by atoms with Crippen LogP contribution in [-0.2, 0) is 0 Å². The van der Waals surface area contributed by atoms with Crippen LogP contribution < -0.4 is 15.1 Å². The normalized spacial score (nSPS) is 25.4. The Morgan fingerprint density at radius 2 is 1.73 bits per heavy atom. The van der Waals surface area contributed by atoms with Gasteiger partial charge in [0.2, 0.25) is 0 Å². The molecule has 186 valence electrons. The lowest BCUT2D eigenvalue weighted by Gasteiger charge is -2.56. The Morgan fingerprint density at radius 1 is 0.892 bits per heavy atom. The number of aromatic amines is 1. The second-order valence-electron chi connectivity index (χ2n) is 10.7. The molecule has 7 heteroatoms. The highest BCUT2D eigenvalue weighted by Gasteiger charge is 2.46. The molecule has 2 aromatic carbocycles. The lowest BCUT2D eigenvalue weighted by molar-refractivity contribution is 0.188. The molecule has 37 heavy (non-hydrogen) atoms. The van der Waals surface area contributed by atoms with Crippen LogP contribution in [0.3, 0.4) is 0 Å². The molecule has 2 aromatic heterocycles. The fraction of sp³-hybridized carbons (Fsp3) is 0.367. The van der Waals surface area contributed by atoms with Gasteiger partial charge in [0.25, 0.3) is 0 Å². The van der Waals surface area contributed by atoms with Crippen LogP contribution in [-0.4, -0.2) is 52.4 Å². The Bertz CT molecular complexity index is 1450. The summed E-state index contributed by atoms with van der Waals surface area (Å²) >= 11 is 0. The van der Waals surface area contributed by atoms with Gasteiger partial charge in [-0.1, -0.05) is 25.0 Å². The van der Waals surface area contributed by atoms with Crippen molar-refractivity contribution >= 4 is 22.4 Å². The minimum Gasteiger partial charge on any atom is -0.370 e. The average Bonchev–Trinajstić information content (AvgIpc) is 3.44. The molecule has 4 aromatic rings. The number of fused-ring (bicyclic) bond motifs is 3. The first kappa shape index (κ1) is 22.3. The summed E-state index contributed by atoms with van der Waals surface area (Å²) in [4.78, 5) is 10.1. The zero-order valence-corrected chi connectivity index (χ0v) is 20.8. The number of piperazine rings is 1. The number of aromatic nitrogens is 3. The predicted molar refractivity (Wildman–Crippen MR) is 147 cm³/mol. The van der Waals surface area contributed by atoms with E-state index < -0.39 is 0 Å². The molecule has 2 saturated heterocycles. The molecule has 3 aliphatic rings. The number of nitriles is 1. The summed E-state index contributed by atoms with van der Waals surface area (Å²) in [5.74, 6) is 1.10. The molecule has 2 unspecified atom stereocenters. The monoisotopic (exact) mass is 489 g/mol. The Balaban J connectivity index is 1.21. The van der Waals surface area contributed by atoms with Gasteiger partial charge in [0.1, 0.15) is 5.82 Å². The molecule has 7 nitrogen and oxygen atoms in total. The van der Waals surface area contributed by atoms with E-state index >= 15 is 0 Å². The highest BCUT2D eigenvalue weighted by atomic mass is 15.3. The van der Waals surface area contributed by atoms with Crippen LogP contribution in [0.1, 0.15) is 37.7 Å². The molecule has 4 heterocycles. The molecule has 2 aliphatic heterocycles. The number of H-pyrrole nitrogens is 1. The van der Waals surface area contributed by atoms with E-state index in [4.69, 9.17) is 4.98 Å². The van der Waals surface area contributed by atoms with E-state index in [9.17, 15) is 5.26 Å². The van der Waals surface area contributed by atoms with E-state index in [-0.39, 0.29) is 0 Å². The Labute approximate surface area is 217 Å². The summed E-state index contributed by atoms with van der Waals surface area (Å²) in [5, 5.41) is 21.7. The Hall–Kier alpha value is -3.89. The number of anilines is 2. The minimum atomic E-state index is 0.371. The second-order valence-corrected chi connectivity index (χ2v) is 10.7. The molecule has 7 rings (SSSR count). The maximum atomic E-state index is 9.18. The van der Waals surface area contributed by atoms with Crippen LogP contribution >= 0.6 is 0 Å². The summed E-state index contributed by atoms with van der Waals surface area (Å²) in [5.41, 5.74) is 5.34. The van der Waals surface area contributed by atoms with Gasteiger partial charge in [0.05, 0.1) is 23.3 Å². The summed E-state index contributed by atoms with van der Waals surface area (Å²) in [6.45, 7) is 1.96. The van der Waals surface area contributed by atoms with Crippen LogP contribution in [0.25, 0.3) is 22.0 Å². The van der Waals surface area contributed by atoms with Crippen LogP contribution in [0.15, 0.2) is 67.0 Å². The standard InChI is InChI=1S/C30H31N7/c31-17-20-5-9-24(10-6-20)36-14-12-29-27(19-36)34-25-3-1-2-4-28(25)37(29)30-16-22(11-13-32-30)21-7-8-23-18-33-35-26(23)15-21/h5-11,13,15-16,18,25,27-29,34H,1-4,12,14,19H2,(H,33,35)/t25-,27-,28?,29?/m1/s1. The van der Waals surface area contributed by atoms with Crippen molar-refractivity contribution in [3.63, 3.8) is 0 Å². The number of nitrogens with zero attached hydrogens (tertiary/aromatic N) is 5. The maximum absolute atomic E-state index is 9.18. The first-order chi connectivity index (χ1) is 18.3. The molecule has 4 atom stereocenters. The van der Waals surface area contributed by atoms with Gasteiger partial charge in [-0.2, -0.15) is 10.4 Å². The van der Waals surface area contributed by atoms with Gasteiger partial charge in [-0.3, -0.25) is 5.10 Å². The molecule has 3 fully saturated rings. The SMILES string of the molecule is N#Cc1ccc(N2CCC3[C@@H](C2)N[C@@H]2CCCCC2N3c2cc(-c3ccc4cn[nH]c4c3)ccn2)cc1. The fourth-order valence-electron chi connectivity index (χ4n) is 6.77. The molecule has 1 saturated carbocycles. The number of hydrogen-bond donors (Lipinski definition) is 2. The van der Waals surface area contributed by atoms with Crippen molar-refractivity contribution in [3.05, 3.63) is 72.6 Å². The van der Waals surface area contributed by atoms with Crippen LogP contribution in [0.2, 0.25) is 0 Å². The maximum Gasteiger partial charge on any atom is 0.129 e. The van der Waals surface area contributed by atoms with Crippen molar-refractivity contribution in [2.24, 2.45) is 0 Å². The van der Waals surface area contributed by atoms with E-state index in [1.165, 1.54) is 42.5 Å². The van der Waals surface area contributed by atoms with Gasteiger partial charge in [-0.15, -0.1) is 0 Å². The van der Waals surface area contributed by atoms with E-state index in [0.717, 1.165) is 36.2 Å². The zero-order valence-electron chi connectivity index (χ0n) is 20.8. The van der Waals surface area contributed by atoms with Gasteiger partial charge >= 0.3 is 0 Å². The third kappa shape index (κ3) is 4.02. The largest absolute Gasteiger partial charge is 0.370 e. The zero-order chi connectivity index (χ0) is 24.8. The topological polar surface area (TPSA) is 83.9 Å². The lowest BCUT2D eigenvalue weighted by atomic mass is 9.81. The first-order valence-corrected chi connectivity index (χ1v) is 13.5. The number of nitrogens with one attached hydrogen (secondary N) is 2. The first-order valence-electron chi connectivity index (χ1n) is 13.5. The average molecular weight is 490 g/mol. The highest BCUT2D eigenvalue weighted by molar-refractivity contribution is 5.84. The van der Waals surface area contributed by atoms with Crippen molar-refractivity contribution in [3.8, 4) is 17.2 Å². The minimum absolute atomic E-state index is 0.371. The van der Waals surface area contributed by atoms with Gasteiger partial charge in [0.15, 0.2) is 0 Å². The highest BCUT2D eigenvalue weighted by Crippen LogP contribution is 2.38. The summed E-state index contributed by atoms with van der Waals surface area (Å²) in [6.07, 6.45) is 9.92. The molecule has 0 spiro atoms. The summed E-state index contributed by atoms with van der Waals surface area (Å²) in [6, 6.07) is 22.9. The predicted octanol–water partition coefficient (Wildman–Crippen LogP) is 4.86. The Kier molecular flexibility index (Phi) is 5.55. The van der Waals surface area contributed by atoms with Crippen LogP contribution in [0.5, 0.6) is 0 Å². The van der Waals surface area contributed by atoms with Crippen molar-refractivity contribution < 1.29 is 0 Å². The third-order valence-corrected chi connectivity index (χ3v) is 8.60. The molecule has 0 radical (unpaired) electrons. The molecule has 0 bridgehead atoms. The number of hydrogen-bond acceptors (Lipinski definition) is 6. The number of pyridine rings is 1. The van der Waals surface area contributed by atoms with Crippen molar-refractivity contribution in [2.45, 2.75) is 56.3 Å². The van der Waals surface area contributed by atoms with E-state index in [0.29, 0.717) is 29.7 Å². The van der Waals surface area contributed by atoms with Gasteiger partial charge in [-0.05, 0) is 72.9 Å². The molecular formula is C30H31N7. The fourth-order valence-corrected chi connectivity index (χ4v) is 6.77. The van der Waals surface area contributed by atoms with Crippen molar-refractivity contribution in [2.75, 3.05) is 22.9 Å². The van der Waals surface area contributed by atoms with Crippen LogP contribution in [0, 0.1) is 11.3 Å². The molecule has 0 amide bonds.